The first-order chi connectivity index (χ1) is 15.8. The Balaban J connectivity index is 2.23. The molecule has 1 N–H and O–H groups in total. The van der Waals surface area contributed by atoms with E-state index < -0.39 is 33.6 Å². The topological polar surface area (TPSA) is 83.5 Å². The largest absolute Gasteiger partial charge is 0.312 e. The minimum absolute atomic E-state index is 0.0476. The van der Waals surface area contributed by atoms with Gasteiger partial charge < -0.3 is 4.90 Å². The fourth-order valence-corrected chi connectivity index (χ4v) is 3.99. The average Bonchev–Trinajstić information content (AvgIpc) is 2.80. The molecular formula is C25H29FN2O4S. The van der Waals surface area contributed by atoms with Crippen molar-refractivity contribution in [1.29, 1.82) is 0 Å². The van der Waals surface area contributed by atoms with Crippen LogP contribution >= 0.6 is 0 Å². The van der Waals surface area contributed by atoms with Crippen molar-refractivity contribution in [1.82, 2.24) is 4.72 Å². The first-order valence-electron chi connectivity index (χ1n) is 10.7. The molecule has 0 saturated carbocycles. The van der Waals surface area contributed by atoms with E-state index in [-0.39, 0.29) is 6.42 Å². The number of nitrogens with zero attached hydrogens (tertiary/aromatic N) is 1. The maximum absolute atomic E-state index is 13.4. The minimum Gasteiger partial charge on any atom is -0.312 e. The zero-order valence-corrected chi connectivity index (χ0v) is 19.4. The van der Waals surface area contributed by atoms with Crippen LogP contribution in [-0.4, -0.2) is 26.8 Å². The number of benzene rings is 2. The number of sulfonamides is 1. The van der Waals surface area contributed by atoms with E-state index in [1.807, 2.05) is 11.6 Å². The number of carbonyl (C=O) groups is 2. The van der Waals surface area contributed by atoms with Gasteiger partial charge in [-0.1, -0.05) is 56.2 Å². The third-order valence-electron chi connectivity index (χ3n) is 4.89. The minimum atomic E-state index is -4.13. The van der Waals surface area contributed by atoms with E-state index in [9.17, 15) is 22.4 Å². The monoisotopic (exact) mass is 472 g/mol. The van der Waals surface area contributed by atoms with E-state index in [0.717, 1.165) is 18.2 Å². The Morgan fingerprint density at radius 3 is 2.36 bits per heavy atom. The van der Waals surface area contributed by atoms with Gasteiger partial charge in [-0.05, 0) is 48.7 Å². The lowest BCUT2D eigenvalue weighted by molar-refractivity contribution is -0.132. The van der Waals surface area contributed by atoms with Gasteiger partial charge in [-0.25, -0.2) is 17.5 Å². The molecule has 1 atom stereocenters. The molecule has 0 spiro atoms. The molecule has 176 valence electrons. The van der Waals surface area contributed by atoms with Crippen molar-refractivity contribution in [2.45, 2.75) is 32.6 Å². The molecule has 8 heteroatoms. The van der Waals surface area contributed by atoms with Gasteiger partial charge >= 0.3 is 0 Å². The summed E-state index contributed by atoms with van der Waals surface area (Å²) in [5, 5.41) is 0.884. The highest BCUT2D eigenvalue weighted by molar-refractivity contribution is 7.93. The molecular weight excluding hydrogens is 443 g/mol. The number of allylic oxidation sites excluding steroid dienone is 1. The summed E-state index contributed by atoms with van der Waals surface area (Å²) in [4.78, 5) is 27.6. The number of nitrogens with one attached hydrogen (secondary N) is 1. The maximum atomic E-state index is 13.4. The predicted molar refractivity (Wildman–Crippen MR) is 129 cm³/mol. The number of rotatable bonds is 12. The Labute approximate surface area is 194 Å². The van der Waals surface area contributed by atoms with Crippen LogP contribution in [-0.2, 0) is 19.6 Å². The fraction of sp³-hybridized carbons (Fsp3) is 0.280. The highest BCUT2D eigenvalue weighted by atomic mass is 32.2. The second kappa shape index (κ2) is 12.7. The summed E-state index contributed by atoms with van der Waals surface area (Å²) in [5.41, 5.74) is 1.08. The van der Waals surface area contributed by atoms with Crippen molar-refractivity contribution in [3.63, 3.8) is 0 Å². The normalized spacial score (nSPS) is 12.3. The highest BCUT2D eigenvalue weighted by Crippen LogP contribution is 2.21. The smallest absolute Gasteiger partial charge is 0.257 e. The molecule has 2 amide bonds. The number of hydrogen-bond acceptors (Lipinski definition) is 4. The average molecular weight is 473 g/mol. The number of amides is 2. The van der Waals surface area contributed by atoms with Crippen molar-refractivity contribution in [2.24, 2.45) is 5.92 Å². The molecule has 0 fully saturated rings. The molecule has 2 aromatic rings. The first-order valence-corrected chi connectivity index (χ1v) is 12.3. The second-order valence-electron chi connectivity index (χ2n) is 7.48. The van der Waals surface area contributed by atoms with Crippen LogP contribution in [0.1, 0.15) is 38.2 Å². The maximum Gasteiger partial charge on any atom is 0.257 e. The van der Waals surface area contributed by atoms with Crippen molar-refractivity contribution in [3.05, 3.63) is 84.0 Å². The zero-order valence-electron chi connectivity index (χ0n) is 18.6. The van der Waals surface area contributed by atoms with E-state index in [4.69, 9.17) is 0 Å². The predicted octanol–water partition coefficient (Wildman–Crippen LogP) is 4.66. The van der Waals surface area contributed by atoms with Crippen LogP contribution in [0.4, 0.5) is 10.1 Å². The van der Waals surface area contributed by atoms with Crippen LogP contribution in [0.25, 0.3) is 6.08 Å². The number of halogens is 1. The molecule has 1 unspecified atom stereocenters. The summed E-state index contributed by atoms with van der Waals surface area (Å²) < 4.78 is 40.2. The van der Waals surface area contributed by atoms with Crippen LogP contribution in [0, 0.1) is 11.7 Å². The lowest BCUT2D eigenvalue weighted by atomic mass is 10.0. The van der Waals surface area contributed by atoms with Crippen LogP contribution in [0.3, 0.4) is 0 Å². The molecule has 0 radical (unpaired) electrons. The zero-order chi connectivity index (χ0) is 24.3. The Kier molecular flexibility index (Phi) is 10.00. The van der Waals surface area contributed by atoms with Crippen molar-refractivity contribution in [3.8, 4) is 0 Å². The third kappa shape index (κ3) is 8.31. The summed E-state index contributed by atoms with van der Waals surface area (Å²) in [6.45, 7) is 5.93. The standard InChI is InChI=1S/C25H29FN2O4S/c1-3-5-9-18-28(22-15-13-21(26)14-16-22)25(30)23(10-4-2)24(29)27-33(31,32)19-17-20-11-7-6-8-12-20/h4,6-8,11-17,19,23H,2-3,5,9-10,18H2,1H3,(H,27,29). The molecule has 0 aliphatic carbocycles. The van der Waals surface area contributed by atoms with Gasteiger partial charge in [0.15, 0.2) is 0 Å². The molecule has 0 heterocycles. The summed E-state index contributed by atoms with van der Waals surface area (Å²) in [6.07, 6.45) is 5.17. The van der Waals surface area contributed by atoms with Crippen molar-refractivity contribution < 1.29 is 22.4 Å². The summed E-state index contributed by atoms with van der Waals surface area (Å²) in [6, 6.07) is 14.1. The second-order valence-corrected chi connectivity index (χ2v) is 9.04. The van der Waals surface area contributed by atoms with Gasteiger partial charge in [0.05, 0.1) is 5.41 Å². The lowest BCUT2D eigenvalue weighted by Crippen LogP contribution is -2.45. The molecule has 0 aromatic heterocycles. The summed E-state index contributed by atoms with van der Waals surface area (Å²) in [5.74, 6) is -3.26. The molecule has 2 rings (SSSR count). The van der Waals surface area contributed by atoms with Crippen LogP contribution < -0.4 is 9.62 Å². The fourth-order valence-electron chi connectivity index (χ4n) is 3.16. The van der Waals surface area contributed by atoms with Gasteiger partial charge in [0.1, 0.15) is 11.7 Å². The number of carbonyl (C=O) groups excluding carboxylic acids is 2. The van der Waals surface area contributed by atoms with Crippen molar-refractivity contribution in [2.75, 3.05) is 11.4 Å². The molecule has 0 saturated heterocycles. The van der Waals surface area contributed by atoms with E-state index >= 15 is 0 Å². The summed E-state index contributed by atoms with van der Waals surface area (Å²) in [7, 11) is -4.13. The quantitative estimate of drug-likeness (QED) is 0.277. The molecule has 2 aromatic carbocycles. The van der Waals surface area contributed by atoms with Crippen LogP contribution in [0.15, 0.2) is 72.7 Å². The van der Waals surface area contributed by atoms with E-state index in [1.165, 1.54) is 41.3 Å². The Morgan fingerprint density at radius 1 is 1.09 bits per heavy atom. The van der Waals surface area contributed by atoms with Gasteiger partial charge in [0, 0.05) is 12.2 Å². The molecule has 6 nitrogen and oxygen atoms in total. The van der Waals surface area contributed by atoms with E-state index in [2.05, 4.69) is 6.58 Å². The third-order valence-corrected chi connectivity index (χ3v) is 5.87. The Bertz CT molecular complexity index is 1070. The van der Waals surface area contributed by atoms with Crippen LogP contribution in [0.2, 0.25) is 0 Å². The van der Waals surface area contributed by atoms with E-state index in [1.54, 1.807) is 30.3 Å². The molecule has 0 bridgehead atoms. The lowest BCUT2D eigenvalue weighted by Gasteiger charge is -2.26. The Morgan fingerprint density at radius 2 is 1.76 bits per heavy atom. The van der Waals surface area contributed by atoms with Gasteiger partial charge in [-0.15, -0.1) is 6.58 Å². The van der Waals surface area contributed by atoms with Gasteiger partial charge in [0.25, 0.3) is 10.0 Å². The number of unbranched alkanes of at least 4 members (excludes halogenated alkanes) is 2. The summed E-state index contributed by atoms with van der Waals surface area (Å²) >= 11 is 0. The van der Waals surface area contributed by atoms with Gasteiger partial charge in [-0.2, -0.15) is 0 Å². The van der Waals surface area contributed by atoms with E-state index in [0.29, 0.717) is 24.2 Å². The van der Waals surface area contributed by atoms with Crippen LogP contribution in [0.5, 0.6) is 0 Å². The molecule has 0 aliphatic heterocycles. The number of hydrogen-bond donors (Lipinski definition) is 1. The van der Waals surface area contributed by atoms with Gasteiger partial charge in [0.2, 0.25) is 11.8 Å². The SMILES string of the molecule is C=CCC(C(=O)NS(=O)(=O)C=Cc1ccccc1)C(=O)N(CCCCC)c1ccc(F)cc1. The number of anilines is 1. The highest BCUT2D eigenvalue weighted by Gasteiger charge is 2.32. The first kappa shape index (κ1) is 26.0. The van der Waals surface area contributed by atoms with Crippen molar-refractivity contribution >= 4 is 33.6 Å². The van der Waals surface area contributed by atoms with Gasteiger partial charge in [-0.3, -0.25) is 9.59 Å². The molecule has 33 heavy (non-hydrogen) atoms. The molecule has 0 aliphatic rings. The Hall–Kier alpha value is -3.26.